The molecule has 3 rings (SSSR count). The third kappa shape index (κ3) is 5.50. The van der Waals surface area contributed by atoms with Crippen LogP contribution in [0.3, 0.4) is 0 Å². The minimum absolute atomic E-state index is 0.190. The first kappa shape index (κ1) is 21.2. The average molecular weight is 407 g/mol. The summed E-state index contributed by atoms with van der Waals surface area (Å²) in [6.45, 7) is 7.35. The molecule has 0 fully saturated rings. The van der Waals surface area contributed by atoms with Gasteiger partial charge in [0.2, 0.25) is 5.82 Å². The van der Waals surface area contributed by atoms with Crippen molar-refractivity contribution in [2.45, 2.75) is 40.3 Å². The average Bonchev–Trinajstić information content (AvgIpc) is 3.17. The molecule has 0 aliphatic carbocycles. The second-order valence-corrected chi connectivity index (χ2v) is 7.30. The molecular weight excluding hydrogens is 382 g/mol. The largest absolute Gasteiger partial charge is 0.454 e. The van der Waals surface area contributed by atoms with E-state index in [0.717, 1.165) is 27.1 Å². The molecule has 156 valence electrons. The molecule has 3 aromatic rings. The summed E-state index contributed by atoms with van der Waals surface area (Å²) in [5.74, 6) is -0.569. The highest BCUT2D eigenvalue weighted by Crippen LogP contribution is 2.17. The van der Waals surface area contributed by atoms with Crippen LogP contribution in [0.5, 0.6) is 0 Å². The topological polar surface area (TPSA) is 99.0 Å². The first-order valence-corrected chi connectivity index (χ1v) is 9.69. The van der Waals surface area contributed by atoms with E-state index in [1.54, 1.807) is 0 Å². The zero-order valence-electron chi connectivity index (χ0n) is 17.5. The van der Waals surface area contributed by atoms with E-state index in [9.17, 15) is 9.59 Å². The normalized spacial score (nSPS) is 11.7. The molecule has 1 aromatic heterocycles. The Bertz CT molecular complexity index is 1040. The Kier molecular flexibility index (Phi) is 6.56. The van der Waals surface area contributed by atoms with E-state index in [4.69, 9.17) is 4.74 Å². The van der Waals surface area contributed by atoms with Gasteiger partial charge in [0.25, 0.3) is 5.91 Å². The fourth-order valence-corrected chi connectivity index (χ4v) is 2.84. The van der Waals surface area contributed by atoms with Gasteiger partial charge in [-0.3, -0.25) is 4.79 Å². The van der Waals surface area contributed by atoms with Crippen LogP contribution in [0.15, 0.2) is 42.5 Å². The van der Waals surface area contributed by atoms with Gasteiger partial charge in [0.05, 0.1) is 6.04 Å². The van der Waals surface area contributed by atoms with Crippen LogP contribution >= 0.6 is 0 Å². The lowest BCUT2D eigenvalue weighted by atomic mass is 10.0. The van der Waals surface area contributed by atoms with Crippen molar-refractivity contribution in [3.63, 3.8) is 0 Å². The van der Waals surface area contributed by atoms with Crippen molar-refractivity contribution in [1.29, 1.82) is 0 Å². The fraction of sp³-hybridized carbons (Fsp3) is 0.318. The number of nitrogens with zero attached hydrogens (tertiary/aromatic N) is 4. The number of nitrogens with one attached hydrogen (secondary N) is 1. The zero-order valence-corrected chi connectivity index (χ0v) is 17.5. The highest BCUT2D eigenvalue weighted by molar-refractivity contribution is 5.80. The number of rotatable bonds is 7. The summed E-state index contributed by atoms with van der Waals surface area (Å²) < 4.78 is 5.04. The molecule has 1 amide bonds. The molecule has 0 bridgehead atoms. The van der Waals surface area contributed by atoms with Crippen molar-refractivity contribution in [3.8, 4) is 11.4 Å². The summed E-state index contributed by atoms with van der Waals surface area (Å²) in [6, 6.07) is 13.5. The van der Waals surface area contributed by atoms with E-state index < -0.39 is 5.97 Å². The molecule has 0 spiro atoms. The van der Waals surface area contributed by atoms with E-state index in [2.05, 4.69) is 20.7 Å². The highest BCUT2D eigenvalue weighted by atomic mass is 16.5. The number of ether oxygens (including phenoxy) is 1. The summed E-state index contributed by atoms with van der Waals surface area (Å²) >= 11 is 0. The van der Waals surface area contributed by atoms with Crippen molar-refractivity contribution >= 4 is 11.9 Å². The lowest BCUT2D eigenvalue weighted by molar-refractivity contribution is -0.149. The van der Waals surface area contributed by atoms with Gasteiger partial charge in [-0.15, -0.1) is 10.2 Å². The van der Waals surface area contributed by atoms with Crippen molar-refractivity contribution in [2.24, 2.45) is 0 Å². The van der Waals surface area contributed by atoms with Crippen LogP contribution in [0.2, 0.25) is 0 Å². The van der Waals surface area contributed by atoms with Crippen molar-refractivity contribution in [3.05, 3.63) is 64.7 Å². The van der Waals surface area contributed by atoms with E-state index in [0.29, 0.717) is 5.82 Å². The zero-order chi connectivity index (χ0) is 21.7. The van der Waals surface area contributed by atoms with E-state index in [-0.39, 0.29) is 25.1 Å². The number of hydrogen-bond acceptors (Lipinski definition) is 6. The summed E-state index contributed by atoms with van der Waals surface area (Å²) in [7, 11) is 0. The molecular formula is C22H25N5O3. The summed E-state index contributed by atoms with van der Waals surface area (Å²) in [6.07, 6.45) is 0. The first-order valence-electron chi connectivity index (χ1n) is 9.69. The van der Waals surface area contributed by atoms with Gasteiger partial charge < -0.3 is 10.1 Å². The third-order valence-electron chi connectivity index (χ3n) is 4.81. The van der Waals surface area contributed by atoms with Crippen LogP contribution in [-0.4, -0.2) is 38.7 Å². The van der Waals surface area contributed by atoms with Gasteiger partial charge in [-0.25, -0.2) is 4.79 Å². The number of carbonyl (C=O) groups excluding carboxylic acids is 2. The van der Waals surface area contributed by atoms with Gasteiger partial charge in [0.15, 0.2) is 13.2 Å². The molecule has 0 radical (unpaired) electrons. The third-order valence-corrected chi connectivity index (χ3v) is 4.81. The second-order valence-electron chi connectivity index (χ2n) is 7.30. The minimum Gasteiger partial charge on any atom is -0.454 e. The molecule has 8 nitrogen and oxygen atoms in total. The van der Waals surface area contributed by atoms with Gasteiger partial charge in [-0.2, -0.15) is 4.80 Å². The number of amides is 1. The minimum atomic E-state index is -0.614. The summed E-state index contributed by atoms with van der Waals surface area (Å²) in [5, 5.41) is 14.8. The Morgan fingerprint density at radius 3 is 2.50 bits per heavy atom. The van der Waals surface area contributed by atoms with Crippen LogP contribution in [0.4, 0.5) is 0 Å². The quantitative estimate of drug-likeness (QED) is 0.605. The van der Waals surface area contributed by atoms with Crippen LogP contribution < -0.4 is 5.32 Å². The lowest BCUT2D eigenvalue weighted by Gasteiger charge is -2.15. The highest BCUT2D eigenvalue weighted by Gasteiger charge is 2.14. The maximum absolute atomic E-state index is 12.1. The predicted octanol–water partition coefficient (Wildman–Crippen LogP) is 2.69. The van der Waals surface area contributed by atoms with Crippen molar-refractivity contribution < 1.29 is 14.3 Å². The van der Waals surface area contributed by atoms with Crippen LogP contribution in [-0.2, 0) is 20.9 Å². The Labute approximate surface area is 175 Å². The second kappa shape index (κ2) is 9.30. The standard InChI is InChI=1S/C22H25N5O3/c1-14-5-8-18(9-6-14)22-24-26-27(25-22)12-21(29)30-13-20(28)23-17(4)19-10-7-15(2)16(3)11-19/h5-11,17H,12-13H2,1-4H3,(H,23,28). The molecule has 8 heteroatoms. The van der Waals surface area contributed by atoms with Crippen molar-refractivity contribution in [1.82, 2.24) is 25.5 Å². The molecule has 0 saturated heterocycles. The molecule has 0 aliphatic heterocycles. The van der Waals surface area contributed by atoms with Gasteiger partial charge in [-0.05, 0) is 49.6 Å². The fourth-order valence-electron chi connectivity index (χ4n) is 2.84. The van der Waals surface area contributed by atoms with E-state index >= 15 is 0 Å². The van der Waals surface area contributed by atoms with Crippen LogP contribution in [0.25, 0.3) is 11.4 Å². The van der Waals surface area contributed by atoms with E-state index in [1.807, 2.05) is 70.2 Å². The number of benzene rings is 2. The molecule has 1 unspecified atom stereocenters. The number of tetrazole rings is 1. The molecule has 1 N–H and O–H groups in total. The van der Waals surface area contributed by atoms with Crippen molar-refractivity contribution in [2.75, 3.05) is 6.61 Å². The number of aromatic nitrogens is 4. The maximum atomic E-state index is 12.1. The monoisotopic (exact) mass is 407 g/mol. The number of carbonyl (C=O) groups is 2. The van der Waals surface area contributed by atoms with Crippen LogP contribution in [0, 0.1) is 20.8 Å². The summed E-state index contributed by atoms with van der Waals surface area (Å²) in [4.78, 5) is 25.3. The van der Waals surface area contributed by atoms with E-state index in [1.165, 1.54) is 5.56 Å². The number of aryl methyl sites for hydroxylation is 3. The number of hydrogen-bond donors (Lipinski definition) is 1. The molecule has 0 saturated carbocycles. The molecule has 30 heavy (non-hydrogen) atoms. The predicted molar refractivity (Wildman–Crippen MR) is 111 cm³/mol. The van der Waals surface area contributed by atoms with Gasteiger partial charge >= 0.3 is 5.97 Å². The van der Waals surface area contributed by atoms with Gasteiger partial charge in [-0.1, -0.05) is 48.0 Å². The molecule has 1 heterocycles. The lowest BCUT2D eigenvalue weighted by Crippen LogP contribution is -2.31. The molecule has 1 atom stereocenters. The first-order chi connectivity index (χ1) is 14.3. The Hall–Kier alpha value is -3.55. The Balaban J connectivity index is 1.47. The van der Waals surface area contributed by atoms with Crippen LogP contribution in [0.1, 0.15) is 35.2 Å². The molecule has 2 aromatic carbocycles. The number of esters is 1. The van der Waals surface area contributed by atoms with Gasteiger partial charge in [0, 0.05) is 5.56 Å². The SMILES string of the molecule is Cc1ccc(-c2nnn(CC(=O)OCC(=O)NC(C)c3ccc(C)c(C)c3)n2)cc1. The Morgan fingerprint density at radius 2 is 1.80 bits per heavy atom. The maximum Gasteiger partial charge on any atom is 0.330 e. The molecule has 0 aliphatic rings. The smallest absolute Gasteiger partial charge is 0.330 e. The van der Waals surface area contributed by atoms with Gasteiger partial charge in [0.1, 0.15) is 0 Å². The Morgan fingerprint density at radius 1 is 1.07 bits per heavy atom. The summed E-state index contributed by atoms with van der Waals surface area (Å²) in [5.41, 5.74) is 5.27.